The second kappa shape index (κ2) is 10.6. The summed E-state index contributed by atoms with van der Waals surface area (Å²) in [6.07, 6.45) is 4.74. The van der Waals surface area contributed by atoms with E-state index in [1.54, 1.807) is 17.0 Å². The van der Waals surface area contributed by atoms with Crippen molar-refractivity contribution in [3.8, 4) is 11.8 Å². The van der Waals surface area contributed by atoms with Crippen LogP contribution in [0.5, 0.6) is 0 Å². The molecule has 0 bridgehead atoms. The van der Waals surface area contributed by atoms with Crippen LogP contribution in [-0.4, -0.2) is 62.0 Å². The molecule has 4 aromatic rings. The highest BCUT2D eigenvalue weighted by molar-refractivity contribution is 5.77. The molecular weight excluding hydrogens is 494 g/mol. The molecule has 1 saturated heterocycles. The third-order valence-electron chi connectivity index (χ3n) is 6.92. The van der Waals surface area contributed by atoms with E-state index in [-0.39, 0.29) is 29.3 Å². The molecule has 200 valence electrons. The number of allylic oxidation sites excluding steroid dienone is 1. The summed E-state index contributed by atoms with van der Waals surface area (Å²) in [6.45, 7) is 11.7. The summed E-state index contributed by atoms with van der Waals surface area (Å²) < 4.78 is 4.55. The van der Waals surface area contributed by atoms with Crippen LogP contribution in [0.15, 0.2) is 65.0 Å². The van der Waals surface area contributed by atoms with Gasteiger partial charge in [0.1, 0.15) is 17.0 Å². The molecule has 0 spiro atoms. The van der Waals surface area contributed by atoms with Crippen LogP contribution < -0.4 is 21.3 Å². The van der Waals surface area contributed by atoms with Crippen LogP contribution >= 0.6 is 0 Å². The van der Waals surface area contributed by atoms with Crippen molar-refractivity contribution < 1.29 is 0 Å². The Hall–Kier alpha value is -4.69. The number of hydrogen-bond donors (Lipinski definition) is 1. The van der Waals surface area contributed by atoms with Gasteiger partial charge in [-0.2, -0.15) is 10.2 Å². The lowest BCUT2D eigenvalue weighted by atomic mass is 10.2. The molecule has 1 N–H and O–H groups in total. The Morgan fingerprint density at radius 3 is 2.46 bits per heavy atom. The Bertz CT molecular complexity index is 1680. The van der Waals surface area contributed by atoms with Crippen molar-refractivity contribution in [3.63, 3.8) is 0 Å². The van der Waals surface area contributed by atoms with Gasteiger partial charge in [-0.3, -0.25) is 9.59 Å². The molecule has 5 rings (SSSR count). The molecule has 4 heterocycles. The van der Waals surface area contributed by atoms with Gasteiger partial charge >= 0.3 is 0 Å². The first kappa shape index (κ1) is 25.9. The number of aromatic nitrogens is 5. The highest BCUT2D eigenvalue weighted by Gasteiger charge is 2.20. The van der Waals surface area contributed by atoms with Gasteiger partial charge in [-0.1, -0.05) is 6.08 Å². The normalized spacial score (nSPS) is 14.1. The fourth-order valence-corrected chi connectivity index (χ4v) is 4.75. The van der Waals surface area contributed by atoms with Gasteiger partial charge < -0.3 is 19.7 Å². The van der Waals surface area contributed by atoms with Crippen LogP contribution in [0.3, 0.4) is 0 Å². The van der Waals surface area contributed by atoms with Gasteiger partial charge in [0.2, 0.25) is 5.95 Å². The van der Waals surface area contributed by atoms with Crippen LogP contribution in [0.25, 0.3) is 16.7 Å². The Labute approximate surface area is 225 Å². The topological polar surface area (TPSA) is 117 Å². The summed E-state index contributed by atoms with van der Waals surface area (Å²) >= 11 is 0. The van der Waals surface area contributed by atoms with Crippen LogP contribution in [0.1, 0.15) is 25.5 Å². The van der Waals surface area contributed by atoms with Crippen molar-refractivity contribution in [3.05, 3.63) is 81.7 Å². The Balaban J connectivity index is 1.55. The maximum Gasteiger partial charge on any atom is 0.278 e. The monoisotopic (exact) mass is 525 g/mol. The number of pyridine rings is 1. The lowest BCUT2D eigenvalue weighted by Gasteiger charge is -2.34. The van der Waals surface area contributed by atoms with Gasteiger partial charge in [-0.25, -0.2) is 14.3 Å². The molecule has 0 saturated carbocycles. The van der Waals surface area contributed by atoms with Crippen molar-refractivity contribution in [1.29, 1.82) is 5.26 Å². The predicted molar refractivity (Wildman–Crippen MR) is 152 cm³/mol. The van der Waals surface area contributed by atoms with Gasteiger partial charge in [0, 0.05) is 56.0 Å². The average molecular weight is 526 g/mol. The number of anilines is 3. The Morgan fingerprint density at radius 1 is 1.10 bits per heavy atom. The van der Waals surface area contributed by atoms with E-state index in [1.165, 1.54) is 21.5 Å². The summed E-state index contributed by atoms with van der Waals surface area (Å²) in [5, 5.41) is 13.2. The zero-order valence-electron chi connectivity index (χ0n) is 22.3. The van der Waals surface area contributed by atoms with Gasteiger partial charge in [-0.15, -0.1) is 6.58 Å². The molecule has 1 aromatic carbocycles. The highest BCUT2D eigenvalue weighted by atomic mass is 16.1. The fraction of sp³-hybridized carbons (Fsp3) is 0.321. The average Bonchev–Trinajstić information content (AvgIpc) is 3.20. The molecule has 11 heteroatoms. The predicted octanol–water partition coefficient (Wildman–Crippen LogP) is 2.88. The molecule has 39 heavy (non-hydrogen) atoms. The summed E-state index contributed by atoms with van der Waals surface area (Å²) in [5.74, 6) is 0.317. The molecule has 11 nitrogen and oxygen atoms in total. The summed E-state index contributed by atoms with van der Waals surface area (Å²) in [7, 11) is 2.13. The van der Waals surface area contributed by atoms with E-state index < -0.39 is 0 Å². The number of nitrogens with one attached hydrogen (secondary N) is 1. The van der Waals surface area contributed by atoms with Crippen molar-refractivity contribution in [2.75, 3.05) is 43.4 Å². The van der Waals surface area contributed by atoms with E-state index >= 15 is 0 Å². The molecule has 0 unspecified atom stereocenters. The van der Waals surface area contributed by atoms with Gasteiger partial charge in [0.25, 0.3) is 11.1 Å². The zero-order chi connectivity index (χ0) is 27.7. The van der Waals surface area contributed by atoms with E-state index in [0.29, 0.717) is 22.7 Å². The van der Waals surface area contributed by atoms with Crippen LogP contribution in [-0.2, 0) is 6.54 Å². The van der Waals surface area contributed by atoms with Crippen molar-refractivity contribution >= 4 is 28.4 Å². The molecule has 3 aromatic heterocycles. The van der Waals surface area contributed by atoms with Crippen LogP contribution in [0.4, 0.5) is 17.3 Å². The van der Waals surface area contributed by atoms with E-state index in [9.17, 15) is 14.9 Å². The molecule has 1 aliphatic rings. The van der Waals surface area contributed by atoms with Crippen molar-refractivity contribution in [2.45, 2.75) is 26.4 Å². The maximum atomic E-state index is 13.3. The summed E-state index contributed by atoms with van der Waals surface area (Å²) in [5.41, 5.74) is 2.09. The second-order valence-corrected chi connectivity index (χ2v) is 9.91. The van der Waals surface area contributed by atoms with Gasteiger partial charge in [0.05, 0.1) is 12.2 Å². The summed E-state index contributed by atoms with van der Waals surface area (Å²) in [6, 6.07) is 11.4. The molecule has 1 fully saturated rings. The van der Waals surface area contributed by atoms with Crippen LogP contribution in [0, 0.1) is 11.3 Å². The Kier molecular flexibility index (Phi) is 7.04. The molecule has 0 atom stereocenters. The second-order valence-electron chi connectivity index (χ2n) is 9.91. The van der Waals surface area contributed by atoms with E-state index in [1.807, 2.05) is 32.0 Å². The molecule has 0 amide bonds. The largest absolute Gasteiger partial charge is 0.369 e. The minimum atomic E-state index is -0.387. The van der Waals surface area contributed by atoms with Crippen molar-refractivity contribution in [1.82, 2.24) is 28.8 Å². The first-order valence-corrected chi connectivity index (χ1v) is 12.9. The number of piperazine rings is 1. The Morgan fingerprint density at radius 2 is 1.82 bits per heavy atom. The third kappa shape index (κ3) is 4.94. The minimum Gasteiger partial charge on any atom is -0.369 e. The number of rotatable bonds is 7. The molecular formula is C28H31N9O2. The minimum absolute atomic E-state index is 0.0199. The first-order valence-electron chi connectivity index (χ1n) is 12.9. The summed E-state index contributed by atoms with van der Waals surface area (Å²) in [4.78, 5) is 39.7. The SMILES string of the molecule is C=CCn1c(=O)c2cnc(Nc3ccc(N4CCN(C)CC4)cc3)nc2n1-c1cc(C#N)c(=O)n(C(C)C)c1. The quantitative estimate of drug-likeness (QED) is 0.366. The molecule has 1 aliphatic heterocycles. The highest BCUT2D eigenvalue weighted by Crippen LogP contribution is 2.23. The number of nitrogens with zero attached hydrogens (tertiary/aromatic N) is 8. The van der Waals surface area contributed by atoms with E-state index in [4.69, 9.17) is 0 Å². The number of likely N-dealkylation sites (N-methyl/N-ethyl adjacent to an activating group) is 1. The van der Waals surface area contributed by atoms with E-state index in [2.05, 4.69) is 50.8 Å². The number of nitriles is 1. The molecule has 0 aliphatic carbocycles. The fourth-order valence-electron chi connectivity index (χ4n) is 4.75. The van der Waals surface area contributed by atoms with Crippen molar-refractivity contribution in [2.24, 2.45) is 0 Å². The lowest BCUT2D eigenvalue weighted by Crippen LogP contribution is -2.44. The smallest absolute Gasteiger partial charge is 0.278 e. The maximum absolute atomic E-state index is 13.3. The van der Waals surface area contributed by atoms with Gasteiger partial charge in [0.15, 0.2) is 5.65 Å². The third-order valence-corrected chi connectivity index (χ3v) is 6.92. The molecule has 0 radical (unpaired) electrons. The first-order chi connectivity index (χ1) is 18.8. The number of fused-ring (bicyclic) bond motifs is 1. The standard InChI is InChI=1S/C28H31N9O2/c1-5-10-36-27(39)24-17-30-28(31-21-6-8-22(9-7-21)34-13-11-33(4)12-14-34)32-25(24)37(36)23-15-20(16-29)26(38)35(18-23)19(2)3/h5-9,15,17-19H,1,10-14H2,2-4H3,(H,30,31,32). The van der Waals surface area contributed by atoms with E-state index in [0.717, 1.165) is 37.6 Å². The van der Waals surface area contributed by atoms with Gasteiger partial charge in [-0.05, 0) is 51.2 Å². The van der Waals surface area contributed by atoms with Crippen LogP contribution in [0.2, 0.25) is 0 Å². The zero-order valence-corrected chi connectivity index (χ0v) is 22.3. The number of hydrogen-bond acceptors (Lipinski definition) is 8. The number of benzene rings is 1. The lowest BCUT2D eigenvalue weighted by molar-refractivity contribution is 0.313.